The summed E-state index contributed by atoms with van der Waals surface area (Å²) < 4.78 is 3.35. The molecule has 0 unspecified atom stereocenters. The summed E-state index contributed by atoms with van der Waals surface area (Å²) in [6.45, 7) is 0.518. The first kappa shape index (κ1) is 8.12. The Kier molecular flexibility index (Phi) is 1.94. The fourth-order valence-electron chi connectivity index (χ4n) is 1.02. The third kappa shape index (κ3) is 1.81. The number of hydrogen-bond acceptors (Lipinski definition) is 3. The molecule has 0 bridgehead atoms. The molecule has 2 N–H and O–H groups in total. The normalized spacial score (nSPS) is 10.5. The Morgan fingerprint density at radius 1 is 1.46 bits per heavy atom. The van der Waals surface area contributed by atoms with Crippen LogP contribution in [0.3, 0.4) is 0 Å². The van der Waals surface area contributed by atoms with E-state index >= 15 is 0 Å². The Morgan fingerprint density at radius 3 is 2.85 bits per heavy atom. The van der Waals surface area contributed by atoms with Crippen molar-refractivity contribution in [2.75, 3.05) is 5.73 Å². The van der Waals surface area contributed by atoms with E-state index in [9.17, 15) is 0 Å². The van der Waals surface area contributed by atoms with E-state index in [1.165, 1.54) is 0 Å². The molecule has 0 aromatic carbocycles. The average Bonchev–Trinajstić information content (AvgIpc) is 2.62. The van der Waals surface area contributed by atoms with Crippen molar-refractivity contribution in [3.8, 4) is 0 Å². The number of nitrogens with two attached hydrogens (primary N) is 1. The van der Waals surface area contributed by atoms with Crippen molar-refractivity contribution < 1.29 is 0 Å². The lowest BCUT2D eigenvalue weighted by atomic mass is 10.7. The second kappa shape index (κ2) is 3.10. The van der Waals surface area contributed by atoms with Crippen molar-refractivity contribution >= 4 is 17.4 Å². The van der Waals surface area contributed by atoms with Gasteiger partial charge < -0.3 is 5.73 Å². The zero-order valence-electron chi connectivity index (χ0n) is 6.76. The largest absolute Gasteiger partial charge is 0.382 e. The minimum atomic E-state index is 0.498. The van der Waals surface area contributed by atoms with Crippen LogP contribution in [-0.4, -0.2) is 19.6 Å². The number of halogens is 1. The Labute approximate surface area is 79.7 Å². The van der Waals surface area contributed by atoms with Crippen molar-refractivity contribution in [2.24, 2.45) is 0 Å². The molecule has 13 heavy (non-hydrogen) atoms. The standard InChI is InChI=1S/C7H8ClN5/c8-6-3-10-13(4-6)5-12-2-1-7(9)11-12/h1-4H,5H2,(H2,9,11). The van der Waals surface area contributed by atoms with E-state index in [2.05, 4.69) is 10.2 Å². The number of aromatic nitrogens is 4. The topological polar surface area (TPSA) is 61.7 Å². The first-order valence-corrected chi connectivity index (χ1v) is 4.09. The van der Waals surface area contributed by atoms with Gasteiger partial charge in [-0.05, 0) is 0 Å². The highest BCUT2D eigenvalue weighted by Crippen LogP contribution is 2.05. The van der Waals surface area contributed by atoms with Crippen LogP contribution < -0.4 is 5.73 Å². The fraction of sp³-hybridized carbons (Fsp3) is 0.143. The predicted molar refractivity (Wildman–Crippen MR) is 49.3 cm³/mol. The number of nitrogens with zero attached hydrogens (tertiary/aromatic N) is 4. The smallest absolute Gasteiger partial charge is 0.145 e. The second-order valence-corrected chi connectivity index (χ2v) is 3.06. The lowest BCUT2D eigenvalue weighted by Crippen LogP contribution is -2.09. The highest BCUT2D eigenvalue weighted by atomic mass is 35.5. The second-order valence-electron chi connectivity index (χ2n) is 2.62. The van der Waals surface area contributed by atoms with E-state index in [1.54, 1.807) is 34.0 Å². The Balaban J connectivity index is 2.14. The molecule has 6 heteroatoms. The van der Waals surface area contributed by atoms with Gasteiger partial charge in [-0.3, -0.25) is 0 Å². The van der Waals surface area contributed by atoms with Crippen LogP contribution >= 0.6 is 11.6 Å². The molecular formula is C7H8ClN5. The molecule has 68 valence electrons. The van der Waals surface area contributed by atoms with Crippen LogP contribution in [0.15, 0.2) is 24.7 Å². The average molecular weight is 198 g/mol. The first-order chi connectivity index (χ1) is 6.24. The highest BCUT2D eigenvalue weighted by Gasteiger charge is 1.97. The van der Waals surface area contributed by atoms with Gasteiger partial charge in [-0.25, -0.2) is 9.36 Å². The lowest BCUT2D eigenvalue weighted by Gasteiger charge is -1.99. The summed E-state index contributed by atoms with van der Waals surface area (Å²) in [5.74, 6) is 0.498. The number of anilines is 1. The molecule has 0 atom stereocenters. The molecular weight excluding hydrogens is 190 g/mol. The van der Waals surface area contributed by atoms with Crippen molar-refractivity contribution in [1.29, 1.82) is 0 Å². The third-order valence-electron chi connectivity index (χ3n) is 1.55. The van der Waals surface area contributed by atoms with Gasteiger partial charge in [-0.1, -0.05) is 11.6 Å². The SMILES string of the molecule is Nc1ccn(Cn2cc(Cl)cn2)n1. The Bertz CT molecular complexity index is 366. The van der Waals surface area contributed by atoms with Crippen LogP contribution in [0.4, 0.5) is 5.82 Å². The zero-order valence-corrected chi connectivity index (χ0v) is 7.52. The highest BCUT2D eigenvalue weighted by molar-refractivity contribution is 6.30. The van der Waals surface area contributed by atoms with Gasteiger partial charge in [0.1, 0.15) is 12.5 Å². The van der Waals surface area contributed by atoms with Crippen LogP contribution in [0.25, 0.3) is 0 Å². The molecule has 0 aliphatic heterocycles. The lowest BCUT2D eigenvalue weighted by molar-refractivity contribution is 0.504. The monoisotopic (exact) mass is 197 g/mol. The van der Waals surface area contributed by atoms with Crippen LogP contribution in [0.5, 0.6) is 0 Å². The molecule has 2 rings (SSSR count). The van der Waals surface area contributed by atoms with Crippen molar-refractivity contribution in [3.63, 3.8) is 0 Å². The molecule has 5 nitrogen and oxygen atoms in total. The molecule has 0 amide bonds. The molecule has 2 heterocycles. The van der Waals surface area contributed by atoms with Gasteiger partial charge in [0.05, 0.1) is 11.2 Å². The van der Waals surface area contributed by atoms with E-state index in [1.807, 2.05) is 0 Å². The van der Waals surface area contributed by atoms with Gasteiger partial charge in [0, 0.05) is 18.5 Å². The number of hydrogen-bond donors (Lipinski definition) is 1. The Hall–Kier alpha value is -1.49. The van der Waals surface area contributed by atoms with Crippen molar-refractivity contribution in [2.45, 2.75) is 6.67 Å². The molecule has 2 aromatic heterocycles. The number of rotatable bonds is 2. The van der Waals surface area contributed by atoms with Crippen LogP contribution in [0, 0.1) is 0 Å². The van der Waals surface area contributed by atoms with Crippen LogP contribution in [-0.2, 0) is 6.67 Å². The predicted octanol–water partition coefficient (Wildman–Crippen LogP) is 0.821. The molecule has 0 aliphatic rings. The van der Waals surface area contributed by atoms with E-state index in [0.29, 0.717) is 17.5 Å². The Morgan fingerprint density at radius 2 is 2.31 bits per heavy atom. The molecule has 0 radical (unpaired) electrons. The summed E-state index contributed by atoms with van der Waals surface area (Å²) in [6, 6.07) is 1.73. The number of nitrogen functional groups attached to an aromatic ring is 1. The van der Waals surface area contributed by atoms with E-state index in [4.69, 9.17) is 17.3 Å². The summed E-state index contributed by atoms with van der Waals surface area (Å²) in [5, 5.41) is 8.62. The van der Waals surface area contributed by atoms with Crippen LogP contribution in [0.2, 0.25) is 5.02 Å². The molecule has 0 saturated carbocycles. The first-order valence-electron chi connectivity index (χ1n) is 3.71. The van der Waals surface area contributed by atoms with Gasteiger partial charge >= 0.3 is 0 Å². The molecule has 0 fully saturated rings. The van der Waals surface area contributed by atoms with Gasteiger partial charge in [0.25, 0.3) is 0 Å². The zero-order chi connectivity index (χ0) is 9.26. The molecule has 0 spiro atoms. The van der Waals surface area contributed by atoms with Gasteiger partial charge in [0.2, 0.25) is 0 Å². The maximum Gasteiger partial charge on any atom is 0.145 e. The summed E-state index contributed by atoms with van der Waals surface area (Å²) in [6.07, 6.45) is 5.08. The van der Waals surface area contributed by atoms with Crippen molar-refractivity contribution in [3.05, 3.63) is 29.7 Å². The summed E-state index contributed by atoms with van der Waals surface area (Å²) in [4.78, 5) is 0. The molecule has 0 aliphatic carbocycles. The van der Waals surface area contributed by atoms with Crippen LogP contribution in [0.1, 0.15) is 0 Å². The third-order valence-corrected chi connectivity index (χ3v) is 1.75. The van der Waals surface area contributed by atoms with Gasteiger partial charge in [-0.2, -0.15) is 10.2 Å². The fourth-order valence-corrected chi connectivity index (χ4v) is 1.18. The molecule has 0 saturated heterocycles. The van der Waals surface area contributed by atoms with E-state index in [-0.39, 0.29) is 0 Å². The quantitative estimate of drug-likeness (QED) is 0.776. The minimum Gasteiger partial charge on any atom is -0.382 e. The summed E-state index contributed by atoms with van der Waals surface area (Å²) >= 11 is 5.69. The van der Waals surface area contributed by atoms with E-state index in [0.717, 1.165) is 0 Å². The van der Waals surface area contributed by atoms with Crippen molar-refractivity contribution in [1.82, 2.24) is 19.6 Å². The maximum atomic E-state index is 5.69. The maximum absolute atomic E-state index is 5.69. The van der Waals surface area contributed by atoms with Gasteiger partial charge in [0.15, 0.2) is 0 Å². The van der Waals surface area contributed by atoms with Gasteiger partial charge in [-0.15, -0.1) is 0 Å². The van der Waals surface area contributed by atoms with E-state index < -0.39 is 0 Å². The molecule has 2 aromatic rings. The summed E-state index contributed by atoms with van der Waals surface area (Å²) in [5.41, 5.74) is 5.45. The minimum absolute atomic E-state index is 0.498. The summed E-state index contributed by atoms with van der Waals surface area (Å²) in [7, 11) is 0.